The molecule has 0 saturated heterocycles. The van der Waals surface area contributed by atoms with Crippen molar-refractivity contribution in [2.24, 2.45) is 0 Å². The molecule has 0 aliphatic carbocycles. The van der Waals surface area contributed by atoms with Gasteiger partial charge in [0, 0.05) is 0 Å². The molecule has 0 aliphatic rings. The van der Waals surface area contributed by atoms with Crippen LogP contribution in [0, 0.1) is 0 Å². The first-order valence-electron chi connectivity index (χ1n) is 5.43. The highest BCUT2D eigenvalue weighted by Gasteiger charge is 2.30. The molecular weight excluding hydrogens is 277 g/mol. The Bertz CT molecular complexity index is 622. The number of alkyl halides is 3. The molecule has 2 N–H and O–H groups in total. The molecule has 0 bridgehead atoms. The van der Waals surface area contributed by atoms with Crippen LogP contribution < -0.4 is 4.74 Å². The summed E-state index contributed by atoms with van der Waals surface area (Å²) in [6.45, 7) is -0.110. The standard InChI is InChI=1S/C12H9F3N2O3/c13-12(14,15)7-2-1-3-9(4-7)20-6-8-5-16-10(17-8)11(18)19/h1-5H,6H2,(H,16,17)(H,18,19). The van der Waals surface area contributed by atoms with E-state index in [4.69, 9.17) is 9.84 Å². The number of halogens is 3. The third-order valence-corrected chi connectivity index (χ3v) is 2.39. The predicted octanol–water partition coefficient (Wildman–Crippen LogP) is 2.71. The first kappa shape index (κ1) is 13.9. The molecule has 0 fully saturated rings. The zero-order chi connectivity index (χ0) is 14.8. The van der Waals surface area contributed by atoms with E-state index in [-0.39, 0.29) is 18.2 Å². The Morgan fingerprint density at radius 3 is 2.75 bits per heavy atom. The topological polar surface area (TPSA) is 75.2 Å². The van der Waals surface area contributed by atoms with Crippen molar-refractivity contribution in [3.8, 4) is 5.75 Å². The molecule has 0 unspecified atom stereocenters. The van der Waals surface area contributed by atoms with Crippen molar-refractivity contribution in [2.75, 3.05) is 0 Å². The predicted molar refractivity (Wildman–Crippen MR) is 61.3 cm³/mol. The van der Waals surface area contributed by atoms with Crippen LogP contribution in [0.5, 0.6) is 5.75 Å². The molecule has 5 nitrogen and oxygen atoms in total. The summed E-state index contributed by atoms with van der Waals surface area (Å²) in [5.41, 5.74) is -0.467. The number of rotatable bonds is 4. The molecular formula is C12H9F3N2O3. The highest BCUT2D eigenvalue weighted by Crippen LogP contribution is 2.31. The van der Waals surface area contributed by atoms with Crippen molar-refractivity contribution < 1.29 is 27.8 Å². The van der Waals surface area contributed by atoms with Crippen LogP contribution in [0.3, 0.4) is 0 Å². The van der Waals surface area contributed by atoms with Gasteiger partial charge in [-0.2, -0.15) is 13.2 Å². The van der Waals surface area contributed by atoms with Gasteiger partial charge < -0.3 is 14.8 Å². The Labute approximate surface area is 111 Å². The number of imidazole rings is 1. The third kappa shape index (κ3) is 3.28. The molecule has 1 heterocycles. The lowest BCUT2D eigenvalue weighted by atomic mass is 10.2. The second-order valence-corrected chi connectivity index (χ2v) is 3.88. The van der Waals surface area contributed by atoms with E-state index in [1.165, 1.54) is 18.3 Å². The summed E-state index contributed by atoms with van der Waals surface area (Å²) in [5, 5.41) is 8.65. The van der Waals surface area contributed by atoms with Gasteiger partial charge in [-0.25, -0.2) is 9.78 Å². The normalized spacial score (nSPS) is 11.3. The summed E-state index contributed by atoms with van der Waals surface area (Å²) in [6, 6.07) is 4.41. The fourth-order valence-electron chi connectivity index (χ4n) is 1.46. The monoisotopic (exact) mass is 286 g/mol. The number of carboxylic acids is 1. The maximum Gasteiger partial charge on any atom is 0.416 e. The van der Waals surface area contributed by atoms with Gasteiger partial charge in [0.25, 0.3) is 0 Å². The molecule has 8 heteroatoms. The quantitative estimate of drug-likeness (QED) is 0.906. The van der Waals surface area contributed by atoms with Crippen LogP contribution in [0.15, 0.2) is 30.5 Å². The number of H-pyrrole nitrogens is 1. The molecule has 1 aromatic heterocycles. The number of nitrogens with zero attached hydrogens (tertiary/aromatic N) is 1. The minimum Gasteiger partial charge on any atom is -0.487 e. The van der Waals surface area contributed by atoms with Gasteiger partial charge in [0.05, 0.1) is 17.5 Å². The maximum atomic E-state index is 12.5. The molecule has 2 aromatic rings. The van der Waals surface area contributed by atoms with Gasteiger partial charge in [-0.1, -0.05) is 6.07 Å². The van der Waals surface area contributed by atoms with Crippen molar-refractivity contribution in [1.29, 1.82) is 0 Å². The Kier molecular flexibility index (Phi) is 3.64. The number of aromatic carboxylic acids is 1. The fraction of sp³-hybridized carbons (Fsp3) is 0.167. The van der Waals surface area contributed by atoms with Gasteiger partial charge in [-0.15, -0.1) is 0 Å². The summed E-state index contributed by atoms with van der Waals surface area (Å²) in [5.74, 6) is -1.45. The number of carboxylic acid groups (broad SMARTS) is 1. The molecule has 0 radical (unpaired) electrons. The number of benzene rings is 1. The largest absolute Gasteiger partial charge is 0.487 e. The van der Waals surface area contributed by atoms with E-state index in [2.05, 4.69) is 9.97 Å². The van der Waals surface area contributed by atoms with Crippen LogP contribution in [-0.2, 0) is 12.8 Å². The molecule has 0 aliphatic heterocycles. The number of hydrogen-bond donors (Lipinski definition) is 2. The van der Waals surface area contributed by atoms with Crippen LogP contribution in [0.1, 0.15) is 21.9 Å². The van der Waals surface area contributed by atoms with Gasteiger partial charge in [-0.3, -0.25) is 0 Å². The molecule has 20 heavy (non-hydrogen) atoms. The van der Waals surface area contributed by atoms with Crippen molar-refractivity contribution in [3.05, 3.63) is 47.5 Å². The van der Waals surface area contributed by atoms with Crippen molar-refractivity contribution in [3.63, 3.8) is 0 Å². The summed E-state index contributed by atoms with van der Waals surface area (Å²) in [7, 11) is 0. The lowest BCUT2D eigenvalue weighted by Gasteiger charge is -2.09. The number of aromatic amines is 1. The molecule has 2 rings (SSSR count). The van der Waals surface area contributed by atoms with Crippen LogP contribution in [0.2, 0.25) is 0 Å². The number of carbonyl (C=O) groups is 1. The SMILES string of the molecule is O=C(O)c1ncc(COc2cccc(C(F)(F)F)c2)[nH]1. The van der Waals surface area contributed by atoms with E-state index < -0.39 is 17.7 Å². The molecule has 106 valence electrons. The summed E-state index contributed by atoms with van der Waals surface area (Å²) >= 11 is 0. The highest BCUT2D eigenvalue weighted by atomic mass is 19.4. The van der Waals surface area contributed by atoms with E-state index in [0.29, 0.717) is 5.69 Å². The number of aromatic nitrogens is 2. The minimum atomic E-state index is -4.44. The van der Waals surface area contributed by atoms with E-state index in [1.54, 1.807) is 0 Å². The fourth-order valence-corrected chi connectivity index (χ4v) is 1.46. The Balaban J connectivity index is 2.05. The van der Waals surface area contributed by atoms with Crippen molar-refractivity contribution in [1.82, 2.24) is 9.97 Å². The van der Waals surface area contributed by atoms with Crippen molar-refractivity contribution in [2.45, 2.75) is 12.8 Å². The third-order valence-electron chi connectivity index (χ3n) is 2.39. The average Bonchev–Trinajstić information content (AvgIpc) is 2.85. The first-order valence-corrected chi connectivity index (χ1v) is 5.43. The Hall–Kier alpha value is -2.51. The molecule has 1 aromatic carbocycles. The smallest absolute Gasteiger partial charge is 0.416 e. The lowest BCUT2D eigenvalue weighted by Crippen LogP contribution is -2.05. The van der Waals surface area contributed by atoms with Crippen LogP contribution in [-0.4, -0.2) is 21.0 Å². The highest BCUT2D eigenvalue weighted by molar-refractivity contribution is 5.83. The number of hydrogen-bond acceptors (Lipinski definition) is 3. The van der Waals surface area contributed by atoms with Crippen molar-refractivity contribution >= 4 is 5.97 Å². The average molecular weight is 286 g/mol. The second kappa shape index (κ2) is 5.24. The molecule has 0 saturated carbocycles. The molecule has 0 spiro atoms. The van der Waals surface area contributed by atoms with E-state index in [1.807, 2.05) is 0 Å². The number of nitrogens with one attached hydrogen (secondary N) is 1. The van der Waals surface area contributed by atoms with Gasteiger partial charge in [0.1, 0.15) is 12.4 Å². The van der Waals surface area contributed by atoms with Crippen LogP contribution in [0.4, 0.5) is 13.2 Å². The van der Waals surface area contributed by atoms with Gasteiger partial charge in [0.15, 0.2) is 0 Å². The van der Waals surface area contributed by atoms with E-state index in [0.717, 1.165) is 12.1 Å². The molecule has 0 amide bonds. The van der Waals surface area contributed by atoms with Gasteiger partial charge in [0.2, 0.25) is 5.82 Å². The van der Waals surface area contributed by atoms with Gasteiger partial charge in [-0.05, 0) is 18.2 Å². The van der Waals surface area contributed by atoms with E-state index >= 15 is 0 Å². The zero-order valence-corrected chi connectivity index (χ0v) is 9.94. The zero-order valence-electron chi connectivity index (χ0n) is 9.94. The Morgan fingerprint density at radius 2 is 2.15 bits per heavy atom. The maximum absolute atomic E-state index is 12.5. The second-order valence-electron chi connectivity index (χ2n) is 3.88. The van der Waals surface area contributed by atoms with E-state index in [9.17, 15) is 18.0 Å². The summed E-state index contributed by atoms with van der Waals surface area (Å²) in [4.78, 5) is 16.6. The lowest BCUT2D eigenvalue weighted by molar-refractivity contribution is -0.137. The van der Waals surface area contributed by atoms with Gasteiger partial charge >= 0.3 is 12.1 Å². The summed E-state index contributed by atoms with van der Waals surface area (Å²) < 4.78 is 42.6. The van der Waals surface area contributed by atoms with Crippen LogP contribution in [0.25, 0.3) is 0 Å². The first-order chi connectivity index (χ1) is 9.36. The molecule has 0 atom stereocenters. The van der Waals surface area contributed by atoms with Crippen LogP contribution >= 0.6 is 0 Å². The Morgan fingerprint density at radius 1 is 1.40 bits per heavy atom. The number of ether oxygens (including phenoxy) is 1. The minimum absolute atomic E-state index is 0.0336. The summed E-state index contributed by atoms with van der Waals surface area (Å²) in [6.07, 6.45) is -3.19.